The molecule has 0 bridgehead atoms. The fourth-order valence-corrected chi connectivity index (χ4v) is 4.10. The van der Waals surface area contributed by atoms with E-state index in [0.717, 1.165) is 28.2 Å². The monoisotopic (exact) mass is 475 g/mol. The number of rotatable bonds is 5. The van der Waals surface area contributed by atoms with Crippen LogP contribution in [0.3, 0.4) is 0 Å². The highest BCUT2D eigenvalue weighted by Gasteiger charge is 2.16. The molecule has 0 radical (unpaired) electrons. The van der Waals surface area contributed by atoms with Crippen LogP contribution in [0.1, 0.15) is 42.3 Å². The van der Waals surface area contributed by atoms with Crippen molar-refractivity contribution in [2.45, 2.75) is 33.1 Å². The third-order valence-electron chi connectivity index (χ3n) is 6.20. The normalized spacial score (nSPS) is 11.4. The highest BCUT2D eigenvalue weighted by Crippen LogP contribution is 2.29. The summed E-state index contributed by atoms with van der Waals surface area (Å²) in [5.41, 5.74) is 7.01. The number of amides is 1. The van der Waals surface area contributed by atoms with Crippen molar-refractivity contribution in [2.75, 3.05) is 10.6 Å². The molecule has 0 aliphatic heterocycles. The van der Waals surface area contributed by atoms with E-state index in [0.29, 0.717) is 17.1 Å². The average molecular weight is 476 g/mol. The molecule has 2 heterocycles. The van der Waals surface area contributed by atoms with Crippen molar-refractivity contribution < 1.29 is 4.79 Å². The first kappa shape index (κ1) is 23.3. The van der Waals surface area contributed by atoms with Crippen LogP contribution in [-0.2, 0) is 5.41 Å². The Morgan fingerprint density at radius 1 is 0.917 bits per heavy atom. The van der Waals surface area contributed by atoms with E-state index >= 15 is 0 Å². The van der Waals surface area contributed by atoms with E-state index in [1.807, 2.05) is 96.5 Å². The van der Waals surface area contributed by atoms with Gasteiger partial charge in [-0.3, -0.25) is 4.79 Å². The third-order valence-corrected chi connectivity index (χ3v) is 6.20. The van der Waals surface area contributed by atoms with Gasteiger partial charge in [-0.05, 0) is 59.9 Å². The van der Waals surface area contributed by atoms with Crippen molar-refractivity contribution >= 4 is 28.7 Å². The first-order valence-electron chi connectivity index (χ1n) is 12.0. The molecule has 5 rings (SSSR count). The van der Waals surface area contributed by atoms with Gasteiger partial charge in [0, 0.05) is 41.1 Å². The van der Waals surface area contributed by atoms with Crippen molar-refractivity contribution in [3.63, 3.8) is 0 Å². The van der Waals surface area contributed by atoms with Gasteiger partial charge in [0.25, 0.3) is 5.91 Å². The summed E-state index contributed by atoms with van der Waals surface area (Å²) < 4.78 is 1.95. The van der Waals surface area contributed by atoms with Gasteiger partial charge >= 0.3 is 0 Å². The molecule has 0 saturated carbocycles. The summed E-state index contributed by atoms with van der Waals surface area (Å²) in [6, 6.07) is 23.6. The Hall–Kier alpha value is -4.45. The predicted molar refractivity (Wildman–Crippen MR) is 146 cm³/mol. The van der Waals surface area contributed by atoms with Crippen LogP contribution in [0, 0.1) is 6.92 Å². The molecule has 2 aromatic heterocycles. The summed E-state index contributed by atoms with van der Waals surface area (Å²) in [6.45, 7) is 8.51. The van der Waals surface area contributed by atoms with Crippen LogP contribution in [-0.4, -0.2) is 20.3 Å². The van der Waals surface area contributed by atoms with Crippen molar-refractivity contribution in [1.29, 1.82) is 0 Å². The zero-order chi connectivity index (χ0) is 25.3. The van der Waals surface area contributed by atoms with E-state index in [-0.39, 0.29) is 11.3 Å². The highest BCUT2D eigenvalue weighted by atomic mass is 16.1. The number of para-hydroxylation sites is 1. The Morgan fingerprint density at radius 3 is 2.39 bits per heavy atom. The number of anilines is 3. The molecule has 2 N–H and O–H groups in total. The second kappa shape index (κ2) is 9.30. The molecule has 0 aliphatic carbocycles. The summed E-state index contributed by atoms with van der Waals surface area (Å²) in [4.78, 5) is 22.3. The lowest BCUT2D eigenvalue weighted by molar-refractivity contribution is 0.102. The lowest BCUT2D eigenvalue weighted by atomic mass is 9.87. The number of aromatic nitrogens is 3. The Bertz CT molecular complexity index is 1530. The SMILES string of the molecule is Cc1ccc(NC(=O)c2ccc(C(C)(C)C)cc2)cc1-c1cn2ccnc2c(Nc2ccccc2)n1. The van der Waals surface area contributed by atoms with Crippen LogP contribution < -0.4 is 10.6 Å². The Kier molecular flexibility index (Phi) is 6.02. The van der Waals surface area contributed by atoms with Gasteiger partial charge in [0.05, 0.1) is 5.69 Å². The number of nitrogens with one attached hydrogen (secondary N) is 2. The number of hydrogen-bond donors (Lipinski definition) is 2. The van der Waals surface area contributed by atoms with Crippen LogP contribution in [0.15, 0.2) is 91.4 Å². The van der Waals surface area contributed by atoms with Gasteiger partial charge in [-0.1, -0.05) is 57.2 Å². The molecule has 0 spiro atoms. The van der Waals surface area contributed by atoms with Crippen molar-refractivity contribution in [3.8, 4) is 11.3 Å². The molecule has 0 atom stereocenters. The highest BCUT2D eigenvalue weighted by molar-refractivity contribution is 6.04. The zero-order valence-corrected chi connectivity index (χ0v) is 20.9. The summed E-state index contributed by atoms with van der Waals surface area (Å²) in [6.07, 6.45) is 5.61. The van der Waals surface area contributed by atoms with Crippen molar-refractivity contribution in [2.24, 2.45) is 0 Å². The number of fused-ring (bicyclic) bond motifs is 1. The Balaban J connectivity index is 1.45. The Morgan fingerprint density at radius 2 is 1.67 bits per heavy atom. The third kappa shape index (κ3) is 4.84. The van der Waals surface area contributed by atoms with E-state index in [4.69, 9.17) is 4.98 Å². The lowest BCUT2D eigenvalue weighted by Gasteiger charge is -2.19. The van der Waals surface area contributed by atoms with E-state index in [9.17, 15) is 4.79 Å². The van der Waals surface area contributed by atoms with Gasteiger partial charge in [-0.15, -0.1) is 0 Å². The van der Waals surface area contributed by atoms with E-state index in [1.54, 1.807) is 6.20 Å². The van der Waals surface area contributed by atoms with Crippen molar-refractivity contribution in [3.05, 3.63) is 108 Å². The number of aryl methyl sites for hydroxylation is 1. The van der Waals surface area contributed by atoms with Gasteiger partial charge in [0.15, 0.2) is 11.5 Å². The molecule has 0 unspecified atom stereocenters. The fourth-order valence-electron chi connectivity index (χ4n) is 4.10. The van der Waals surface area contributed by atoms with Crippen LogP contribution >= 0.6 is 0 Å². The van der Waals surface area contributed by atoms with Gasteiger partial charge in [0.2, 0.25) is 0 Å². The minimum atomic E-state index is -0.144. The molecular weight excluding hydrogens is 446 g/mol. The zero-order valence-electron chi connectivity index (χ0n) is 20.9. The number of nitrogens with zero attached hydrogens (tertiary/aromatic N) is 3. The number of hydrogen-bond acceptors (Lipinski definition) is 4. The van der Waals surface area contributed by atoms with Crippen LogP contribution in [0.4, 0.5) is 17.2 Å². The molecule has 0 aliphatic rings. The molecule has 6 nitrogen and oxygen atoms in total. The molecule has 1 amide bonds. The van der Waals surface area contributed by atoms with Crippen LogP contribution in [0.2, 0.25) is 0 Å². The predicted octanol–water partition coefficient (Wildman–Crippen LogP) is 7.00. The standard InChI is InChI=1S/C30H29N5O/c1-20-10-15-24(33-29(36)21-11-13-22(14-12-21)30(2,3)4)18-25(20)26-19-35-17-16-31-28(35)27(34-26)32-23-8-6-5-7-9-23/h5-19H,1-4H3,(H,32,34)(H,33,36). The number of imidazole rings is 1. The number of carbonyl (C=O) groups excluding carboxylic acids is 1. The van der Waals surface area contributed by atoms with E-state index in [1.165, 1.54) is 5.56 Å². The molecule has 0 saturated heterocycles. The summed E-state index contributed by atoms with van der Waals surface area (Å²) >= 11 is 0. The van der Waals surface area contributed by atoms with Gasteiger partial charge in [0.1, 0.15) is 0 Å². The fraction of sp³-hybridized carbons (Fsp3) is 0.167. The average Bonchev–Trinajstić information content (AvgIpc) is 3.34. The summed E-state index contributed by atoms with van der Waals surface area (Å²) in [7, 11) is 0. The minimum Gasteiger partial charge on any atom is -0.337 e. The first-order valence-corrected chi connectivity index (χ1v) is 12.0. The van der Waals surface area contributed by atoms with Gasteiger partial charge < -0.3 is 15.0 Å². The number of carbonyl (C=O) groups is 1. The van der Waals surface area contributed by atoms with Crippen molar-refractivity contribution in [1.82, 2.24) is 14.4 Å². The maximum absolute atomic E-state index is 13.0. The lowest BCUT2D eigenvalue weighted by Crippen LogP contribution is -2.14. The molecule has 6 heteroatoms. The Labute approximate surface area is 211 Å². The van der Waals surface area contributed by atoms with E-state index in [2.05, 4.69) is 36.4 Å². The first-order chi connectivity index (χ1) is 17.3. The second-order valence-corrected chi connectivity index (χ2v) is 9.94. The molecule has 5 aromatic rings. The molecule has 36 heavy (non-hydrogen) atoms. The maximum atomic E-state index is 13.0. The topological polar surface area (TPSA) is 71.3 Å². The molecular formula is C30H29N5O. The minimum absolute atomic E-state index is 0.0401. The number of benzene rings is 3. The summed E-state index contributed by atoms with van der Waals surface area (Å²) in [5, 5.41) is 6.42. The quantitative estimate of drug-likeness (QED) is 0.287. The molecule has 180 valence electrons. The van der Waals surface area contributed by atoms with E-state index < -0.39 is 0 Å². The second-order valence-electron chi connectivity index (χ2n) is 9.94. The smallest absolute Gasteiger partial charge is 0.255 e. The van der Waals surface area contributed by atoms with Gasteiger partial charge in [-0.2, -0.15) is 0 Å². The summed E-state index contributed by atoms with van der Waals surface area (Å²) in [5.74, 6) is 0.520. The molecule has 0 fully saturated rings. The van der Waals surface area contributed by atoms with Crippen LogP contribution in [0.5, 0.6) is 0 Å². The van der Waals surface area contributed by atoms with Gasteiger partial charge in [-0.25, -0.2) is 9.97 Å². The van der Waals surface area contributed by atoms with Crippen LogP contribution in [0.25, 0.3) is 16.9 Å². The largest absolute Gasteiger partial charge is 0.337 e. The maximum Gasteiger partial charge on any atom is 0.255 e. The molecule has 3 aromatic carbocycles.